The molecule has 0 spiro atoms. The number of rotatable bonds is 7. The summed E-state index contributed by atoms with van der Waals surface area (Å²) in [5.41, 5.74) is 2.71. The smallest absolute Gasteiger partial charge is 0.266 e. The van der Waals surface area contributed by atoms with E-state index in [4.69, 9.17) is 27.9 Å². The second-order valence-corrected chi connectivity index (χ2v) is 8.81. The molecule has 0 aliphatic heterocycles. The summed E-state index contributed by atoms with van der Waals surface area (Å²) in [5, 5.41) is 15.5. The van der Waals surface area contributed by atoms with Crippen molar-refractivity contribution in [1.82, 2.24) is 0 Å². The summed E-state index contributed by atoms with van der Waals surface area (Å²) in [6.45, 7) is 1.70. The van der Waals surface area contributed by atoms with Crippen molar-refractivity contribution >= 4 is 68.4 Å². The van der Waals surface area contributed by atoms with Crippen molar-refractivity contribution in [3.05, 3.63) is 91.9 Å². The van der Waals surface area contributed by atoms with E-state index in [0.29, 0.717) is 37.2 Å². The molecule has 9 heteroatoms. The highest BCUT2D eigenvalue weighted by molar-refractivity contribution is 9.10. The van der Waals surface area contributed by atoms with Crippen LogP contribution in [0.3, 0.4) is 0 Å². The Morgan fingerprint density at radius 2 is 1.71 bits per heavy atom. The van der Waals surface area contributed by atoms with E-state index in [0.717, 1.165) is 5.56 Å². The maximum Gasteiger partial charge on any atom is 0.266 e. The van der Waals surface area contributed by atoms with Crippen molar-refractivity contribution in [2.45, 2.75) is 6.92 Å². The predicted octanol–water partition coefficient (Wildman–Crippen LogP) is 6.63. The van der Waals surface area contributed by atoms with Crippen LogP contribution in [0.4, 0.5) is 11.4 Å². The zero-order chi connectivity index (χ0) is 24.7. The Hall–Kier alpha value is -3.31. The average Bonchev–Trinajstić information content (AvgIpc) is 2.80. The lowest BCUT2D eigenvalue weighted by Gasteiger charge is -2.10. The van der Waals surface area contributed by atoms with Gasteiger partial charge in [0.25, 0.3) is 11.8 Å². The summed E-state index contributed by atoms with van der Waals surface area (Å²) in [6, 6.07) is 18.9. The normalized spacial score (nSPS) is 10.9. The second-order valence-electron chi connectivity index (χ2n) is 7.15. The van der Waals surface area contributed by atoms with Crippen LogP contribution in [0.2, 0.25) is 10.0 Å². The van der Waals surface area contributed by atoms with Crippen LogP contribution in [0.1, 0.15) is 11.1 Å². The molecule has 0 aromatic heterocycles. The van der Waals surface area contributed by atoms with Gasteiger partial charge in [0.05, 0.1) is 14.5 Å². The molecule has 0 heterocycles. The third-order valence-electron chi connectivity index (χ3n) is 4.50. The maximum atomic E-state index is 12.5. The number of anilines is 2. The number of nitrogens with zero attached hydrogens (tertiary/aromatic N) is 1. The van der Waals surface area contributed by atoms with Gasteiger partial charge in [-0.2, -0.15) is 5.26 Å². The van der Waals surface area contributed by atoms with Gasteiger partial charge in [0.1, 0.15) is 17.4 Å². The average molecular weight is 559 g/mol. The number of nitrogens with one attached hydrogen (secondary N) is 2. The highest BCUT2D eigenvalue weighted by atomic mass is 79.9. The predicted molar refractivity (Wildman–Crippen MR) is 138 cm³/mol. The van der Waals surface area contributed by atoms with Gasteiger partial charge in [0.2, 0.25) is 0 Å². The number of ether oxygens (including phenoxy) is 1. The molecular weight excluding hydrogens is 541 g/mol. The summed E-state index contributed by atoms with van der Waals surface area (Å²) in [5.74, 6) is -0.473. The van der Waals surface area contributed by atoms with Gasteiger partial charge in [-0.25, -0.2) is 0 Å². The lowest BCUT2D eigenvalue weighted by molar-refractivity contribution is -0.118. The van der Waals surface area contributed by atoms with Crippen LogP contribution in [0.25, 0.3) is 6.08 Å². The van der Waals surface area contributed by atoms with E-state index in [1.807, 2.05) is 25.1 Å². The van der Waals surface area contributed by atoms with Crippen molar-refractivity contribution in [1.29, 1.82) is 5.26 Å². The minimum Gasteiger partial charge on any atom is -0.483 e. The molecule has 0 aliphatic carbocycles. The van der Waals surface area contributed by atoms with Crippen molar-refractivity contribution in [3.8, 4) is 11.8 Å². The lowest BCUT2D eigenvalue weighted by atomic mass is 10.1. The van der Waals surface area contributed by atoms with Crippen LogP contribution < -0.4 is 15.4 Å². The number of carbonyl (C=O) groups excluding carboxylic acids is 2. The molecule has 0 saturated heterocycles. The van der Waals surface area contributed by atoms with E-state index in [2.05, 4.69) is 26.6 Å². The van der Waals surface area contributed by atoms with Crippen LogP contribution in [0.15, 0.2) is 70.7 Å². The van der Waals surface area contributed by atoms with Gasteiger partial charge in [0, 0.05) is 11.4 Å². The first-order chi connectivity index (χ1) is 16.2. The molecule has 34 heavy (non-hydrogen) atoms. The molecule has 0 fully saturated rings. The van der Waals surface area contributed by atoms with Crippen LogP contribution in [-0.2, 0) is 9.59 Å². The van der Waals surface area contributed by atoms with E-state index in [-0.39, 0.29) is 18.1 Å². The van der Waals surface area contributed by atoms with E-state index >= 15 is 0 Å². The summed E-state index contributed by atoms with van der Waals surface area (Å²) >= 11 is 15.2. The minimum absolute atomic E-state index is 0.0536. The van der Waals surface area contributed by atoms with Crippen LogP contribution in [-0.4, -0.2) is 18.4 Å². The zero-order valence-electron chi connectivity index (χ0n) is 17.9. The highest BCUT2D eigenvalue weighted by Gasteiger charge is 2.11. The monoisotopic (exact) mass is 557 g/mol. The number of halogens is 3. The Morgan fingerprint density at radius 3 is 2.35 bits per heavy atom. The van der Waals surface area contributed by atoms with Gasteiger partial charge < -0.3 is 15.4 Å². The number of carbonyl (C=O) groups is 2. The molecule has 0 bridgehead atoms. The lowest BCUT2D eigenvalue weighted by Crippen LogP contribution is -2.20. The Morgan fingerprint density at radius 1 is 1.00 bits per heavy atom. The Bertz CT molecular complexity index is 1300. The van der Waals surface area contributed by atoms with Crippen molar-refractivity contribution in [2.75, 3.05) is 17.2 Å². The molecule has 6 nitrogen and oxygen atoms in total. The Labute approximate surface area is 215 Å². The number of aryl methyl sites for hydroxylation is 1. The van der Waals surface area contributed by atoms with Crippen LogP contribution in [0.5, 0.6) is 5.75 Å². The molecule has 3 aromatic carbocycles. The molecule has 2 N–H and O–H groups in total. The summed E-state index contributed by atoms with van der Waals surface area (Å²) in [6.07, 6.45) is 1.47. The molecule has 2 amide bonds. The van der Waals surface area contributed by atoms with Gasteiger partial charge in [-0.1, -0.05) is 47.0 Å². The highest BCUT2D eigenvalue weighted by Crippen LogP contribution is 2.28. The molecule has 0 unspecified atom stereocenters. The first-order valence-corrected chi connectivity index (χ1v) is 11.5. The van der Waals surface area contributed by atoms with E-state index in [1.54, 1.807) is 48.5 Å². The van der Waals surface area contributed by atoms with Crippen molar-refractivity contribution in [2.24, 2.45) is 0 Å². The first kappa shape index (κ1) is 25.3. The molecule has 3 rings (SSSR count). The number of benzene rings is 3. The molecule has 0 atom stereocenters. The number of hydrogen-bond acceptors (Lipinski definition) is 4. The van der Waals surface area contributed by atoms with Crippen molar-refractivity contribution < 1.29 is 14.3 Å². The number of amides is 2. The minimum atomic E-state index is -0.512. The topological polar surface area (TPSA) is 91.2 Å². The standard InChI is InChI=1S/C25H18BrCl2N3O3/c1-15-2-5-18(6-3-15)31-25(33)17(13-29)10-16-4-9-23(20(26)11-16)34-14-24(32)30-19-7-8-21(27)22(28)12-19/h2-12H,14H2,1H3,(H,30,32)(H,31,33)/b17-10-. The first-order valence-electron chi connectivity index (χ1n) is 9.92. The number of hydrogen-bond donors (Lipinski definition) is 2. The van der Waals surface area contributed by atoms with Gasteiger partial charge >= 0.3 is 0 Å². The van der Waals surface area contributed by atoms with E-state index < -0.39 is 5.91 Å². The van der Waals surface area contributed by atoms with Gasteiger partial charge in [-0.3, -0.25) is 9.59 Å². The fourth-order valence-electron chi connectivity index (χ4n) is 2.79. The molecule has 0 radical (unpaired) electrons. The second kappa shape index (κ2) is 11.7. The molecule has 0 saturated carbocycles. The molecule has 3 aromatic rings. The Kier molecular flexibility index (Phi) is 8.72. The third-order valence-corrected chi connectivity index (χ3v) is 5.86. The summed E-state index contributed by atoms with van der Waals surface area (Å²) in [7, 11) is 0. The van der Waals surface area contributed by atoms with Gasteiger partial charge in [-0.15, -0.1) is 0 Å². The Balaban J connectivity index is 1.62. The fraction of sp³-hybridized carbons (Fsp3) is 0.0800. The quantitative estimate of drug-likeness (QED) is 0.251. The summed E-state index contributed by atoms with van der Waals surface area (Å²) in [4.78, 5) is 24.6. The molecule has 172 valence electrons. The van der Waals surface area contributed by atoms with Gasteiger partial charge in [0.15, 0.2) is 6.61 Å². The van der Waals surface area contributed by atoms with Crippen LogP contribution >= 0.6 is 39.1 Å². The van der Waals surface area contributed by atoms with Crippen LogP contribution in [0, 0.1) is 18.3 Å². The fourth-order valence-corrected chi connectivity index (χ4v) is 3.60. The SMILES string of the molecule is Cc1ccc(NC(=O)/C(C#N)=C\c2ccc(OCC(=O)Nc3ccc(Cl)c(Cl)c3)c(Br)c2)cc1. The number of nitriles is 1. The summed E-state index contributed by atoms with van der Waals surface area (Å²) < 4.78 is 6.12. The molecule has 0 aliphatic rings. The third kappa shape index (κ3) is 7.09. The largest absolute Gasteiger partial charge is 0.483 e. The van der Waals surface area contributed by atoms with Crippen molar-refractivity contribution in [3.63, 3.8) is 0 Å². The van der Waals surface area contributed by atoms with E-state index in [1.165, 1.54) is 6.08 Å². The molecular formula is C25H18BrCl2N3O3. The van der Waals surface area contributed by atoms with Gasteiger partial charge in [-0.05, 0) is 77.0 Å². The maximum absolute atomic E-state index is 12.5. The zero-order valence-corrected chi connectivity index (χ0v) is 21.0. The van der Waals surface area contributed by atoms with E-state index in [9.17, 15) is 14.9 Å².